The highest BCUT2D eigenvalue weighted by molar-refractivity contribution is 5.91. The summed E-state index contributed by atoms with van der Waals surface area (Å²) in [5.41, 5.74) is 3.25. The summed E-state index contributed by atoms with van der Waals surface area (Å²) in [5, 5.41) is 7.31. The van der Waals surface area contributed by atoms with Gasteiger partial charge in [-0.2, -0.15) is 5.10 Å². The third-order valence-corrected chi connectivity index (χ3v) is 4.85. The van der Waals surface area contributed by atoms with E-state index in [0.29, 0.717) is 11.6 Å². The molecule has 1 aromatic carbocycles. The molecule has 26 heavy (non-hydrogen) atoms. The van der Waals surface area contributed by atoms with Gasteiger partial charge in [-0.25, -0.2) is 9.48 Å². The number of benzene rings is 1. The van der Waals surface area contributed by atoms with Crippen LogP contribution >= 0.6 is 0 Å². The lowest BCUT2D eigenvalue weighted by Crippen LogP contribution is -2.38. The van der Waals surface area contributed by atoms with Gasteiger partial charge in [0.1, 0.15) is 0 Å². The predicted molar refractivity (Wildman–Crippen MR) is 98.3 cm³/mol. The molecule has 0 fully saturated rings. The zero-order chi connectivity index (χ0) is 18.7. The van der Waals surface area contributed by atoms with Crippen LogP contribution in [-0.2, 0) is 22.4 Å². The van der Waals surface area contributed by atoms with Gasteiger partial charge in [0.15, 0.2) is 12.3 Å². The molecule has 138 valence electrons. The van der Waals surface area contributed by atoms with Crippen molar-refractivity contribution in [3.05, 3.63) is 47.3 Å². The minimum Gasteiger partial charge on any atom is -0.451 e. The zero-order valence-corrected chi connectivity index (χ0v) is 15.5. The molecular weight excluding hydrogens is 330 g/mol. The first kappa shape index (κ1) is 18.2. The monoisotopic (exact) mass is 355 g/mol. The fourth-order valence-corrected chi connectivity index (χ4v) is 3.05. The fourth-order valence-electron chi connectivity index (χ4n) is 3.05. The number of nitrogens with one attached hydrogen (secondary N) is 1. The van der Waals surface area contributed by atoms with E-state index in [9.17, 15) is 9.59 Å². The minimum atomic E-state index is -0.537. The lowest BCUT2D eigenvalue weighted by molar-refractivity contribution is -0.125. The van der Waals surface area contributed by atoms with E-state index in [2.05, 4.69) is 10.4 Å². The van der Waals surface area contributed by atoms with Crippen LogP contribution in [0.15, 0.2) is 30.3 Å². The van der Waals surface area contributed by atoms with Gasteiger partial charge in [0.2, 0.25) is 0 Å². The summed E-state index contributed by atoms with van der Waals surface area (Å²) in [6.45, 7) is 5.69. The van der Waals surface area contributed by atoms with Crippen molar-refractivity contribution in [3.63, 3.8) is 0 Å². The molecule has 0 bridgehead atoms. The number of para-hydroxylation sites is 1. The highest BCUT2D eigenvalue weighted by Crippen LogP contribution is 2.28. The Morgan fingerprint density at radius 3 is 2.62 bits per heavy atom. The molecule has 1 N–H and O–H groups in total. The Bertz CT molecular complexity index is 796. The Hall–Kier alpha value is -2.63. The molecule has 1 heterocycles. The molecule has 1 amide bonds. The number of nitrogens with zero attached hydrogens (tertiary/aromatic N) is 2. The molecule has 1 atom stereocenters. The van der Waals surface area contributed by atoms with Gasteiger partial charge in [-0.15, -0.1) is 0 Å². The van der Waals surface area contributed by atoms with Gasteiger partial charge < -0.3 is 10.1 Å². The lowest BCUT2D eigenvalue weighted by Gasteiger charge is -2.17. The molecule has 1 aliphatic carbocycles. The van der Waals surface area contributed by atoms with Gasteiger partial charge in [-0.3, -0.25) is 4.79 Å². The molecular formula is C20H25N3O3. The van der Waals surface area contributed by atoms with E-state index >= 15 is 0 Å². The zero-order valence-electron chi connectivity index (χ0n) is 15.5. The van der Waals surface area contributed by atoms with Crippen molar-refractivity contribution in [1.82, 2.24) is 15.1 Å². The van der Waals surface area contributed by atoms with Gasteiger partial charge in [0.05, 0.1) is 5.69 Å². The van der Waals surface area contributed by atoms with Crippen molar-refractivity contribution in [1.29, 1.82) is 0 Å². The first-order valence-corrected chi connectivity index (χ1v) is 9.10. The number of carbonyl (C=O) groups excluding carboxylic acids is 2. The number of carbonyl (C=O) groups is 2. The molecule has 2 aromatic rings. The number of aromatic nitrogens is 2. The van der Waals surface area contributed by atoms with E-state index in [1.165, 1.54) is 0 Å². The average molecular weight is 355 g/mol. The molecule has 1 aliphatic rings. The molecule has 0 saturated carbocycles. The van der Waals surface area contributed by atoms with Crippen molar-refractivity contribution in [3.8, 4) is 5.69 Å². The van der Waals surface area contributed by atoms with Crippen molar-refractivity contribution >= 4 is 11.9 Å². The van der Waals surface area contributed by atoms with Crippen LogP contribution in [-0.4, -0.2) is 34.3 Å². The predicted octanol–water partition coefficient (Wildman–Crippen LogP) is 2.68. The van der Waals surface area contributed by atoms with E-state index in [-0.39, 0.29) is 18.6 Å². The second kappa shape index (κ2) is 7.72. The maximum Gasteiger partial charge on any atom is 0.359 e. The highest BCUT2D eigenvalue weighted by atomic mass is 16.5. The van der Waals surface area contributed by atoms with Gasteiger partial charge in [-0.1, -0.05) is 32.0 Å². The Morgan fingerprint density at radius 2 is 1.92 bits per heavy atom. The van der Waals surface area contributed by atoms with Gasteiger partial charge >= 0.3 is 5.97 Å². The molecule has 0 aliphatic heterocycles. The summed E-state index contributed by atoms with van der Waals surface area (Å²) < 4.78 is 7.04. The number of fused-ring (bicyclic) bond motifs is 1. The number of hydrogen-bond donors (Lipinski definition) is 1. The maximum atomic E-state index is 12.5. The standard InChI is InChI=1S/C20H25N3O3/c1-13(2)14(3)21-18(24)12-26-20(25)19-16-10-7-11-17(16)23(22-19)15-8-5-4-6-9-15/h4-6,8-9,13-14H,7,10-12H2,1-3H3,(H,21,24). The third-order valence-electron chi connectivity index (χ3n) is 4.85. The SMILES string of the molecule is CC(C)C(C)NC(=O)COC(=O)c1nn(-c2ccccc2)c2c1CCC2. The van der Waals surface area contributed by atoms with E-state index in [1.807, 2.05) is 55.8 Å². The Labute approximate surface area is 153 Å². The van der Waals surface area contributed by atoms with Crippen LogP contribution in [0.5, 0.6) is 0 Å². The summed E-state index contributed by atoms with van der Waals surface area (Å²) in [6, 6.07) is 9.78. The summed E-state index contributed by atoms with van der Waals surface area (Å²) in [7, 11) is 0. The summed E-state index contributed by atoms with van der Waals surface area (Å²) in [5.74, 6) is -0.511. The Kier molecular flexibility index (Phi) is 5.40. The highest BCUT2D eigenvalue weighted by Gasteiger charge is 2.28. The lowest BCUT2D eigenvalue weighted by atomic mass is 10.1. The van der Waals surface area contributed by atoms with Crippen LogP contribution in [0.25, 0.3) is 5.69 Å². The van der Waals surface area contributed by atoms with Gasteiger partial charge in [-0.05, 0) is 44.2 Å². The van der Waals surface area contributed by atoms with Crippen LogP contribution in [0, 0.1) is 5.92 Å². The maximum absolute atomic E-state index is 12.5. The fraction of sp³-hybridized carbons (Fsp3) is 0.450. The quantitative estimate of drug-likeness (QED) is 0.809. The average Bonchev–Trinajstić information content (AvgIpc) is 3.22. The molecule has 1 aromatic heterocycles. The molecule has 3 rings (SSSR count). The second-order valence-corrected chi connectivity index (χ2v) is 7.05. The number of hydrogen-bond acceptors (Lipinski definition) is 4. The van der Waals surface area contributed by atoms with Crippen LogP contribution < -0.4 is 5.32 Å². The van der Waals surface area contributed by atoms with E-state index < -0.39 is 5.97 Å². The van der Waals surface area contributed by atoms with E-state index in [4.69, 9.17) is 4.74 Å². The van der Waals surface area contributed by atoms with Crippen molar-refractivity contribution in [2.24, 2.45) is 5.92 Å². The summed E-state index contributed by atoms with van der Waals surface area (Å²) in [4.78, 5) is 24.4. The first-order chi connectivity index (χ1) is 12.5. The molecule has 0 spiro atoms. The molecule has 6 heteroatoms. The van der Waals surface area contributed by atoms with Crippen molar-refractivity contribution < 1.29 is 14.3 Å². The van der Waals surface area contributed by atoms with Crippen molar-refractivity contribution in [2.45, 2.75) is 46.1 Å². The Morgan fingerprint density at radius 1 is 1.19 bits per heavy atom. The molecule has 0 saturated heterocycles. The third kappa shape index (κ3) is 3.79. The molecule has 6 nitrogen and oxygen atoms in total. The number of rotatable bonds is 6. The largest absolute Gasteiger partial charge is 0.451 e. The van der Waals surface area contributed by atoms with Crippen LogP contribution in [0.2, 0.25) is 0 Å². The summed E-state index contributed by atoms with van der Waals surface area (Å²) >= 11 is 0. The van der Waals surface area contributed by atoms with Crippen LogP contribution in [0.3, 0.4) is 0 Å². The Balaban J connectivity index is 1.72. The van der Waals surface area contributed by atoms with Crippen LogP contribution in [0.4, 0.5) is 0 Å². The topological polar surface area (TPSA) is 73.2 Å². The smallest absolute Gasteiger partial charge is 0.359 e. The van der Waals surface area contributed by atoms with Gasteiger partial charge in [0, 0.05) is 17.3 Å². The van der Waals surface area contributed by atoms with Crippen molar-refractivity contribution in [2.75, 3.05) is 6.61 Å². The minimum absolute atomic E-state index is 0.0303. The first-order valence-electron chi connectivity index (χ1n) is 9.10. The van der Waals surface area contributed by atoms with Crippen LogP contribution in [0.1, 0.15) is 48.9 Å². The number of amides is 1. The second-order valence-electron chi connectivity index (χ2n) is 7.05. The normalized spacial score (nSPS) is 14.2. The molecule has 1 unspecified atom stereocenters. The molecule has 0 radical (unpaired) electrons. The van der Waals surface area contributed by atoms with E-state index in [0.717, 1.165) is 36.2 Å². The number of esters is 1. The van der Waals surface area contributed by atoms with E-state index in [1.54, 1.807) is 0 Å². The number of ether oxygens (including phenoxy) is 1. The summed E-state index contributed by atoms with van der Waals surface area (Å²) in [6.07, 6.45) is 2.69. The van der Waals surface area contributed by atoms with Gasteiger partial charge in [0.25, 0.3) is 5.91 Å².